The molecule has 1 saturated heterocycles. The summed E-state index contributed by atoms with van der Waals surface area (Å²) in [5, 5.41) is 11.4. The van der Waals surface area contributed by atoms with Gasteiger partial charge in [-0.1, -0.05) is 12.2 Å². The van der Waals surface area contributed by atoms with Gasteiger partial charge in [0.05, 0.1) is 29.9 Å². The fourth-order valence-electron chi connectivity index (χ4n) is 3.47. The Bertz CT molecular complexity index is 874. The zero-order chi connectivity index (χ0) is 21.0. The number of anilines is 1. The molecule has 1 aromatic carbocycles. The van der Waals surface area contributed by atoms with Crippen molar-refractivity contribution in [2.75, 3.05) is 11.9 Å². The van der Waals surface area contributed by atoms with Crippen molar-refractivity contribution in [3.8, 4) is 6.07 Å². The molecule has 8 heteroatoms. The molecule has 0 aromatic heterocycles. The summed E-state index contributed by atoms with van der Waals surface area (Å²) in [7, 11) is 0. The van der Waals surface area contributed by atoms with Gasteiger partial charge in [0.2, 0.25) is 11.8 Å². The number of esters is 1. The number of hydrogen-bond donors (Lipinski definition) is 1. The minimum Gasteiger partial charge on any atom is -0.452 e. The SMILES string of the molecule is C[C@H](OC(=O)CCN1C(=O)[C@H]2CC=CC[C@@H]2C1=O)C(=O)Nc1ccc(C#N)cc1. The first-order valence-corrected chi connectivity index (χ1v) is 9.41. The Labute approximate surface area is 168 Å². The van der Waals surface area contributed by atoms with Crippen LogP contribution in [-0.2, 0) is 23.9 Å². The molecule has 8 nitrogen and oxygen atoms in total. The Hall–Kier alpha value is -3.47. The molecule has 0 radical (unpaired) electrons. The first-order chi connectivity index (χ1) is 13.9. The molecular formula is C21H21N3O5. The van der Waals surface area contributed by atoms with Gasteiger partial charge in [-0.2, -0.15) is 5.26 Å². The van der Waals surface area contributed by atoms with Crippen LogP contribution < -0.4 is 5.32 Å². The topological polar surface area (TPSA) is 117 Å². The first kappa shape index (κ1) is 20.3. The highest BCUT2D eigenvalue weighted by molar-refractivity contribution is 6.05. The molecule has 0 bridgehead atoms. The van der Waals surface area contributed by atoms with Crippen molar-refractivity contribution in [2.24, 2.45) is 11.8 Å². The van der Waals surface area contributed by atoms with E-state index in [1.54, 1.807) is 24.3 Å². The van der Waals surface area contributed by atoms with Crippen LogP contribution in [-0.4, -0.2) is 41.2 Å². The van der Waals surface area contributed by atoms with Crippen LogP contribution >= 0.6 is 0 Å². The second-order valence-electron chi connectivity index (χ2n) is 7.04. The quantitative estimate of drug-likeness (QED) is 0.446. The molecule has 1 N–H and O–H groups in total. The Morgan fingerprint density at radius 2 is 1.76 bits per heavy atom. The number of imide groups is 1. The summed E-state index contributed by atoms with van der Waals surface area (Å²) in [5.74, 6) is -2.34. The number of carbonyl (C=O) groups is 4. The van der Waals surface area contributed by atoms with Crippen molar-refractivity contribution in [1.29, 1.82) is 5.26 Å². The minimum absolute atomic E-state index is 0.0482. The molecule has 3 amide bonds. The van der Waals surface area contributed by atoms with E-state index in [-0.39, 0.29) is 36.6 Å². The van der Waals surface area contributed by atoms with E-state index in [4.69, 9.17) is 10.00 Å². The maximum Gasteiger partial charge on any atom is 0.308 e. The predicted octanol–water partition coefficient (Wildman–Crippen LogP) is 1.77. The first-order valence-electron chi connectivity index (χ1n) is 9.41. The van der Waals surface area contributed by atoms with Crippen molar-refractivity contribution in [3.05, 3.63) is 42.0 Å². The molecule has 1 aliphatic heterocycles. The van der Waals surface area contributed by atoms with Crippen molar-refractivity contribution >= 4 is 29.4 Å². The van der Waals surface area contributed by atoms with Crippen molar-refractivity contribution in [2.45, 2.75) is 32.3 Å². The largest absolute Gasteiger partial charge is 0.452 e. The fraction of sp³-hybridized carbons (Fsp3) is 0.381. The number of amides is 3. The highest BCUT2D eigenvalue weighted by Crippen LogP contribution is 2.35. The maximum atomic E-state index is 12.4. The van der Waals surface area contributed by atoms with Crippen LogP contribution in [0.3, 0.4) is 0 Å². The summed E-state index contributed by atoms with van der Waals surface area (Å²) in [5.41, 5.74) is 0.936. The van der Waals surface area contributed by atoms with Crippen LogP contribution in [0.15, 0.2) is 36.4 Å². The zero-order valence-electron chi connectivity index (χ0n) is 16.0. The summed E-state index contributed by atoms with van der Waals surface area (Å²) >= 11 is 0. The van der Waals surface area contributed by atoms with E-state index in [1.165, 1.54) is 6.92 Å². The van der Waals surface area contributed by atoms with E-state index in [0.717, 1.165) is 4.90 Å². The molecule has 29 heavy (non-hydrogen) atoms. The lowest BCUT2D eigenvalue weighted by Gasteiger charge is -2.16. The Balaban J connectivity index is 1.47. The van der Waals surface area contributed by atoms with E-state index in [0.29, 0.717) is 24.1 Å². The molecule has 2 aliphatic rings. The molecule has 3 atom stereocenters. The van der Waals surface area contributed by atoms with Crippen LogP contribution in [0.4, 0.5) is 5.69 Å². The highest BCUT2D eigenvalue weighted by Gasteiger charge is 2.47. The minimum atomic E-state index is -1.05. The average molecular weight is 395 g/mol. The normalized spacial score (nSPS) is 21.3. The molecule has 0 saturated carbocycles. The van der Waals surface area contributed by atoms with Crippen molar-refractivity contribution in [1.82, 2.24) is 4.90 Å². The van der Waals surface area contributed by atoms with Gasteiger partial charge in [-0.15, -0.1) is 0 Å². The van der Waals surface area contributed by atoms with Crippen LogP contribution in [0.25, 0.3) is 0 Å². The van der Waals surface area contributed by atoms with Gasteiger partial charge >= 0.3 is 5.97 Å². The Morgan fingerprint density at radius 3 is 2.31 bits per heavy atom. The number of rotatable bonds is 6. The summed E-state index contributed by atoms with van der Waals surface area (Å²) < 4.78 is 5.11. The number of nitriles is 1. The second-order valence-corrected chi connectivity index (χ2v) is 7.04. The number of nitrogens with one attached hydrogen (secondary N) is 1. The van der Waals surface area contributed by atoms with Gasteiger partial charge in [-0.25, -0.2) is 0 Å². The standard InChI is InChI=1S/C21H21N3O5/c1-13(19(26)23-15-8-6-14(12-22)7-9-15)29-18(25)10-11-24-20(27)16-4-2-3-5-17(16)21(24)28/h2-3,6-9,13,16-17H,4-5,10-11H2,1H3,(H,23,26)/t13-,16-,17-/m0/s1. The number of fused-ring (bicyclic) bond motifs is 1. The fourth-order valence-corrected chi connectivity index (χ4v) is 3.47. The average Bonchev–Trinajstić information content (AvgIpc) is 2.97. The van der Waals surface area contributed by atoms with Crippen molar-refractivity contribution in [3.63, 3.8) is 0 Å². The molecule has 1 heterocycles. The van der Waals surface area contributed by atoms with Gasteiger partial charge in [0.15, 0.2) is 6.10 Å². The number of ether oxygens (including phenoxy) is 1. The van der Waals surface area contributed by atoms with E-state index in [1.807, 2.05) is 18.2 Å². The second kappa shape index (κ2) is 8.69. The Kier molecular flexibility index (Phi) is 6.07. The van der Waals surface area contributed by atoms with Crippen LogP contribution in [0.1, 0.15) is 31.7 Å². The van der Waals surface area contributed by atoms with Crippen molar-refractivity contribution < 1.29 is 23.9 Å². The number of likely N-dealkylation sites (tertiary alicyclic amines) is 1. The number of benzene rings is 1. The predicted molar refractivity (Wildman–Crippen MR) is 102 cm³/mol. The van der Waals surface area contributed by atoms with Gasteiger partial charge in [0.1, 0.15) is 0 Å². The zero-order valence-corrected chi connectivity index (χ0v) is 16.0. The molecular weight excluding hydrogens is 374 g/mol. The molecule has 1 fully saturated rings. The lowest BCUT2D eigenvalue weighted by atomic mass is 9.85. The van der Waals surface area contributed by atoms with Crippen LogP contribution in [0.5, 0.6) is 0 Å². The van der Waals surface area contributed by atoms with E-state index >= 15 is 0 Å². The third-order valence-corrected chi connectivity index (χ3v) is 5.10. The molecule has 3 rings (SSSR count). The van der Waals surface area contributed by atoms with Crippen LogP contribution in [0.2, 0.25) is 0 Å². The van der Waals surface area contributed by atoms with Crippen LogP contribution in [0, 0.1) is 23.2 Å². The number of allylic oxidation sites excluding steroid dienone is 2. The molecule has 1 aliphatic carbocycles. The third-order valence-electron chi connectivity index (χ3n) is 5.10. The molecule has 150 valence electrons. The van der Waals surface area contributed by atoms with E-state index in [2.05, 4.69) is 5.32 Å². The van der Waals surface area contributed by atoms with Gasteiger partial charge in [-0.3, -0.25) is 24.1 Å². The monoisotopic (exact) mass is 395 g/mol. The van der Waals surface area contributed by atoms with E-state index in [9.17, 15) is 19.2 Å². The smallest absolute Gasteiger partial charge is 0.308 e. The number of nitrogens with zero attached hydrogens (tertiary/aromatic N) is 2. The molecule has 0 spiro atoms. The lowest BCUT2D eigenvalue weighted by Crippen LogP contribution is -2.35. The summed E-state index contributed by atoms with van der Waals surface area (Å²) in [4.78, 5) is 50.1. The Morgan fingerprint density at radius 1 is 1.17 bits per heavy atom. The number of hydrogen-bond acceptors (Lipinski definition) is 6. The molecule has 0 unspecified atom stereocenters. The summed E-state index contributed by atoms with van der Waals surface area (Å²) in [6.07, 6.45) is 3.68. The molecule has 1 aromatic rings. The third kappa shape index (κ3) is 4.51. The van der Waals surface area contributed by atoms with Gasteiger partial charge in [-0.05, 0) is 44.0 Å². The maximum absolute atomic E-state index is 12.4. The highest BCUT2D eigenvalue weighted by atomic mass is 16.5. The summed E-state index contributed by atoms with van der Waals surface area (Å²) in [6.45, 7) is 1.39. The van der Waals surface area contributed by atoms with Gasteiger partial charge in [0.25, 0.3) is 5.91 Å². The number of carbonyl (C=O) groups excluding carboxylic acids is 4. The van der Waals surface area contributed by atoms with E-state index < -0.39 is 18.0 Å². The van der Waals surface area contributed by atoms with Gasteiger partial charge < -0.3 is 10.1 Å². The van der Waals surface area contributed by atoms with Gasteiger partial charge in [0, 0.05) is 12.2 Å². The lowest BCUT2D eigenvalue weighted by molar-refractivity contribution is -0.154. The summed E-state index contributed by atoms with van der Waals surface area (Å²) in [6, 6.07) is 8.24.